The zero-order chi connectivity index (χ0) is 11.0. The summed E-state index contributed by atoms with van der Waals surface area (Å²) in [5.41, 5.74) is 4.58. The Hall–Kier alpha value is -1.62. The first-order valence-corrected chi connectivity index (χ1v) is 4.19. The van der Waals surface area contributed by atoms with Gasteiger partial charge in [0.25, 0.3) is 5.69 Å². The zero-order valence-corrected chi connectivity index (χ0v) is 8.27. The third-order valence-corrected chi connectivity index (χ3v) is 1.36. The lowest BCUT2D eigenvalue weighted by Crippen LogP contribution is -1.92. The second kappa shape index (κ2) is 6.85. The van der Waals surface area contributed by atoms with Gasteiger partial charge in [-0.05, 0) is 26.1 Å². The monoisotopic (exact) mass is 198 g/mol. The molecule has 0 spiro atoms. The molecular weight excluding hydrogens is 184 g/mol. The van der Waals surface area contributed by atoms with Crippen LogP contribution in [0.25, 0.3) is 0 Å². The third kappa shape index (κ3) is 3.86. The van der Waals surface area contributed by atoms with Crippen LogP contribution in [-0.2, 0) is 0 Å². The molecule has 0 saturated heterocycles. The lowest BCUT2D eigenvalue weighted by atomic mass is 10.3. The van der Waals surface area contributed by atoms with Crippen molar-refractivity contribution in [2.45, 2.75) is 6.92 Å². The van der Waals surface area contributed by atoms with Gasteiger partial charge in [0.2, 0.25) is 0 Å². The van der Waals surface area contributed by atoms with E-state index in [2.05, 4.69) is 5.73 Å². The number of non-ortho nitro benzene ring substituents is 1. The normalized spacial score (nSPS) is 8.50. The smallest absolute Gasteiger partial charge is 0.269 e. The Labute approximate surface area is 82.6 Å². The van der Waals surface area contributed by atoms with Crippen LogP contribution in [0.3, 0.4) is 0 Å². The van der Waals surface area contributed by atoms with Crippen LogP contribution in [0, 0.1) is 10.1 Å². The van der Waals surface area contributed by atoms with Crippen molar-refractivity contribution in [3.8, 4) is 5.75 Å². The lowest BCUT2D eigenvalue weighted by molar-refractivity contribution is -0.384. The van der Waals surface area contributed by atoms with Gasteiger partial charge in [-0.3, -0.25) is 10.1 Å². The standard InChI is InChI=1S/C8H9NO3.CH5N/c1-2-12-8-5-3-7(4-6-8)9(10)11;1-2/h3-6H,2H2,1H3;2H2,1H3. The quantitative estimate of drug-likeness (QED) is 0.590. The molecular formula is C9H14N2O3. The number of hydrogen-bond donors (Lipinski definition) is 1. The maximum Gasteiger partial charge on any atom is 0.269 e. The molecule has 14 heavy (non-hydrogen) atoms. The molecule has 1 rings (SSSR count). The fourth-order valence-corrected chi connectivity index (χ4v) is 0.831. The highest BCUT2D eigenvalue weighted by Gasteiger charge is 2.03. The fourth-order valence-electron chi connectivity index (χ4n) is 0.831. The van der Waals surface area contributed by atoms with Crippen LogP contribution in [-0.4, -0.2) is 18.6 Å². The number of nitrogens with two attached hydrogens (primary N) is 1. The first-order chi connectivity index (χ1) is 6.74. The third-order valence-electron chi connectivity index (χ3n) is 1.36. The highest BCUT2D eigenvalue weighted by molar-refractivity contribution is 5.35. The van der Waals surface area contributed by atoms with Crippen LogP contribution in [0.5, 0.6) is 5.75 Å². The van der Waals surface area contributed by atoms with E-state index in [0.29, 0.717) is 12.4 Å². The van der Waals surface area contributed by atoms with Gasteiger partial charge in [0.05, 0.1) is 11.5 Å². The predicted molar refractivity (Wildman–Crippen MR) is 54.4 cm³/mol. The van der Waals surface area contributed by atoms with Crippen molar-refractivity contribution in [2.75, 3.05) is 13.7 Å². The summed E-state index contributed by atoms with van der Waals surface area (Å²) in [4.78, 5) is 9.80. The fraction of sp³-hybridized carbons (Fsp3) is 0.333. The van der Waals surface area contributed by atoms with Gasteiger partial charge in [-0.1, -0.05) is 0 Å². The Morgan fingerprint density at radius 3 is 2.21 bits per heavy atom. The van der Waals surface area contributed by atoms with E-state index in [1.807, 2.05) is 6.92 Å². The summed E-state index contributed by atoms with van der Waals surface area (Å²) in [6, 6.07) is 6.01. The Morgan fingerprint density at radius 1 is 1.36 bits per heavy atom. The minimum absolute atomic E-state index is 0.0819. The Bertz CT molecular complexity index is 272. The van der Waals surface area contributed by atoms with Crippen LogP contribution < -0.4 is 10.5 Å². The van der Waals surface area contributed by atoms with Crippen LogP contribution in [0.1, 0.15) is 6.92 Å². The lowest BCUT2D eigenvalue weighted by Gasteiger charge is -2.00. The van der Waals surface area contributed by atoms with Crippen molar-refractivity contribution in [3.05, 3.63) is 34.4 Å². The van der Waals surface area contributed by atoms with Crippen molar-refractivity contribution in [1.29, 1.82) is 0 Å². The van der Waals surface area contributed by atoms with Crippen molar-refractivity contribution < 1.29 is 9.66 Å². The molecule has 0 fully saturated rings. The number of nitro benzene ring substituents is 1. The van der Waals surface area contributed by atoms with E-state index < -0.39 is 4.92 Å². The summed E-state index contributed by atoms with van der Waals surface area (Å²) >= 11 is 0. The summed E-state index contributed by atoms with van der Waals surface area (Å²) in [7, 11) is 1.50. The van der Waals surface area contributed by atoms with Gasteiger partial charge in [0.15, 0.2) is 0 Å². The number of rotatable bonds is 3. The SMILES string of the molecule is CCOc1ccc([N+](=O)[O-])cc1.CN. The number of nitro groups is 1. The van der Waals surface area contributed by atoms with Gasteiger partial charge in [-0.2, -0.15) is 0 Å². The molecule has 5 heteroatoms. The van der Waals surface area contributed by atoms with E-state index in [1.54, 1.807) is 12.1 Å². The Balaban J connectivity index is 0.000000791. The molecule has 0 saturated carbocycles. The average Bonchev–Trinajstić information content (AvgIpc) is 2.22. The second-order valence-corrected chi connectivity index (χ2v) is 2.18. The van der Waals surface area contributed by atoms with Gasteiger partial charge in [0.1, 0.15) is 5.75 Å². The van der Waals surface area contributed by atoms with Gasteiger partial charge in [-0.25, -0.2) is 0 Å². The number of nitrogens with zero attached hydrogens (tertiary/aromatic N) is 1. The zero-order valence-electron chi connectivity index (χ0n) is 8.27. The molecule has 0 aromatic heterocycles. The highest BCUT2D eigenvalue weighted by atomic mass is 16.6. The molecule has 0 bridgehead atoms. The molecule has 0 aliphatic heterocycles. The van der Waals surface area contributed by atoms with Crippen LogP contribution in [0.4, 0.5) is 5.69 Å². The number of benzene rings is 1. The molecule has 0 aliphatic rings. The van der Waals surface area contributed by atoms with E-state index in [0.717, 1.165) is 0 Å². The predicted octanol–water partition coefficient (Wildman–Crippen LogP) is 1.57. The summed E-state index contributed by atoms with van der Waals surface area (Å²) in [6.45, 7) is 2.43. The van der Waals surface area contributed by atoms with Crippen molar-refractivity contribution >= 4 is 5.69 Å². The molecule has 0 unspecified atom stereocenters. The molecule has 0 atom stereocenters. The molecule has 0 radical (unpaired) electrons. The molecule has 1 aromatic carbocycles. The minimum atomic E-state index is -0.435. The highest BCUT2D eigenvalue weighted by Crippen LogP contribution is 2.16. The van der Waals surface area contributed by atoms with Crippen LogP contribution >= 0.6 is 0 Å². The van der Waals surface area contributed by atoms with E-state index in [-0.39, 0.29) is 5.69 Å². The molecule has 78 valence electrons. The topological polar surface area (TPSA) is 78.4 Å². The summed E-state index contributed by atoms with van der Waals surface area (Å²) in [6.07, 6.45) is 0. The van der Waals surface area contributed by atoms with Gasteiger partial charge in [0, 0.05) is 12.1 Å². The van der Waals surface area contributed by atoms with Crippen LogP contribution in [0.15, 0.2) is 24.3 Å². The van der Waals surface area contributed by atoms with Crippen molar-refractivity contribution in [3.63, 3.8) is 0 Å². The number of hydrogen-bond acceptors (Lipinski definition) is 4. The van der Waals surface area contributed by atoms with E-state index in [4.69, 9.17) is 4.74 Å². The first kappa shape index (κ1) is 12.4. The summed E-state index contributed by atoms with van der Waals surface area (Å²) < 4.78 is 5.12. The summed E-state index contributed by atoms with van der Waals surface area (Å²) in [5, 5.41) is 10.2. The minimum Gasteiger partial charge on any atom is -0.494 e. The van der Waals surface area contributed by atoms with Gasteiger partial charge >= 0.3 is 0 Å². The van der Waals surface area contributed by atoms with Gasteiger partial charge < -0.3 is 10.5 Å². The average molecular weight is 198 g/mol. The molecule has 5 nitrogen and oxygen atoms in total. The van der Waals surface area contributed by atoms with E-state index in [9.17, 15) is 10.1 Å². The molecule has 0 heterocycles. The maximum atomic E-state index is 10.2. The van der Waals surface area contributed by atoms with E-state index in [1.165, 1.54) is 19.2 Å². The maximum absolute atomic E-state index is 10.2. The second-order valence-electron chi connectivity index (χ2n) is 2.18. The Kier molecular flexibility index (Phi) is 6.06. The molecule has 0 aliphatic carbocycles. The van der Waals surface area contributed by atoms with E-state index >= 15 is 0 Å². The van der Waals surface area contributed by atoms with Gasteiger partial charge in [-0.15, -0.1) is 0 Å². The summed E-state index contributed by atoms with van der Waals surface area (Å²) in [5.74, 6) is 0.656. The molecule has 1 aromatic rings. The van der Waals surface area contributed by atoms with Crippen molar-refractivity contribution in [2.24, 2.45) is 5.73 Å². The molecule has 2 N–H and O–H groups in total. The van der Waals surface area contributed by atoms with Crippen molar-refractivity contribution in [1.82, 2.24) is 0 Å². The Morgan fingerprint density at radius 2 is 1.86 bits per heavy atom. The molecule has 0 amide bonds. The van der Waals surface area contributed by atoms with Crippen LogP contribution in [0.2, 0.25) is 0 Å². The first-order valence-electron chi connectivity index (χ1n) is 4.19. The largest absolute Gasteiger partial charge is 0.494 e. The number of ether oxygens (including phenoxy) is 1.